The van der Waals surface area contributed by atoms with Crippen LogP contribution in [0.25, 0.3) is 10.9 Å². The van der Waals surface area contributed by atoms with Gasteiger partial charge < -0.3 is 15.0 Å². The highest BCUT2D eigenvalue weighted by Gasteiger charge is 2.27. The number of benzene rings is 1. The molecule has 0 aliphatic carbocycles. The van der Waals surface area contributed by atoms with Crippen molar-refractivity contribution in [3.05, 3.63) is 78.1 Å². The van der Waals surface area contributed by atoms with Gasteiger partial charge in [-0.1, -0.05) is 24.3 Å². The van der Waals surface area contributed by atoms with E-state index in [0.717, 1.165) is 5.56 Å². The molecule has 7 heteroatoms. The molecule has 0 saturated carbocycles. The first kappa shape index (κ1) is 16.8. The van der Waals surface area contributed by atoms with Gasteiger partial charge in [-0.15, -0.1) is 0 Å². The van der Waals surface area contributed by atoms with Crippen LogP contribution in [0.1, 0.15) is 22.1 Å². The summed E-state index contributed by atoms with van der Waals surface area (Å²) in [7, 11) is 3.35. The van der Waals surface area contributed by atoms with Gasteiger partial charge in [0.1, 0.15) is 12.0 Å². The van der Waals surface area contributed by atoms with Gasteiger partial charge >= 0.3 is 6.03 Å². The number of nitrogens with one attached hydrogen (secondary N) is 1. The maximum absolute atomic E-state index is 13.1. The molecule has 1 unspecified atom stereocenters. The molecule has 1 amide bonds. The SMILES string of the molecule is CN(C)C(=O)n1cc(C(=O)C2=COC(c3cccnc3)N2)c2ccccc21. The molecule has 1 aliphatic rings. The van der Waals surface area contributed by atoms with Crippen LogP contribution in [0, 0.1) is 0 Å². The predicted molar refractivity (Wildman–Crippen MR) is 100 cm³/mol. The fourth-order valence-corrected chi connectivity index (χ4v) is 3.04. The fraction of sp³-hybridized carbons (Fsp3) is 0.150. The average molecular weight is 362 g/mol. The van der Waals surface area contributed by atoms with Crippen molar-refractivity contribution in [2.24, 2.45) is 0 Å². The zero-order chi connectivity index (χ0) is 19.0. The van der Waals surface area contributed by atoms with Crippen LogP contribution in [0.4, 0.5) is 4.79 Å². The molecule has 0 saturated heterocycles. The number of ketones is 1. The number of hydrogen-bond acceptors (Lipinski definition) is 5. The number of amides is 1. The second-order valence-electron chi connectivity index (χ2n) is 6.41. The molecular weight excluding hydrogens is 344 g/mol. The Balaban J connectivity index is 1.67. The highest BCUT2D eigenvalue weighted by Crippen LogP contribution is 2.27. The molecule has 1 aromatic carbocycles. The van der Waals surface area contributed by atoms with E-state index < -0.39 is 6.23 Å². The summed E-state index contributed by atoms with van der Waals surface area (Å²) in [4.78, 5) is 31.1. The summed E-state index contributed by atoms with van der Waals surface area (Å²) in [6.45, 7) is 0. The van der Waals surface area contributed by atoms with Crippen molar-refractivity contribution in [1.29, 1.82) is 0 Å². The predicted octanol–water partition coefficient (Wildman–Crippen LogP) is 2.91. The number of pyridine rings is 1. The van der Waals surface area contributed by atoms with Crippen molar-refractivity contribution >= 4 is 22.7 Å². The number of aromatic nitrogens is 2. The quantitative estimate of drug-likeness (QED) is 0.725. The minimum Gasteiger partial charge on any atom is -0.472 e. The summed E-state index contributed by atoms with van der Waals surface area (Å²) in [5.74, 6) is -0.233. The van der Waals surface area contributed by atoms with Gasteiger partial charge in [0.25, 0.3) is 0 Å². The Hall–Kier alpha value is -3.61. The summed E-state index contributed by atoms with van der Waals surface area (Å²) in [6, 6.07) is 10.8. The minimum absolute atomic E-state index is 0.219. The number of Topliss-reactive ketones (excluding diaryl/α,β-unsaturated/α-hetero) is 1. The van der Waals surface area contributed by atoms with Gasteiger partial charge in [-0.25, -0.2) is 4.79 Å². The van der Waals surface area contributed by atoms with E-state index in [1.165, 1.54) is 15.7 Å². The van der Waals surface area contributed by atoms with Crippen LogP contribution in [0.2, 0.25) is 0 Å². The summed E-state index contributed by atoms with van der Waals surface area (Å²) in [5, 5.41) is 3.79. The van der Waals surface area contributed by atoms with Crippen molar-refractivity contribution in [1.82, 2.24) is 19.8 Å². The lowest BCUT2D eigenvalue weighted by molar-refractivity contribution is 0.102. The van der Waals surface area contributed by atoms with E-state index >= 15 is 0 Å². The second-order valence-corrected chi connectivity index (χ2v) is 6.41. The van der Waals surface area contributed by atoms with Gasteiger partial charge in [0.15, 0.2) is 6.23 Å². The van der Waals surface area contributed by atoms with E-state index in [9.17, 15) is 9.59 Å². The molecular formula is C20H18N4O3. The van der Waals surface area contributed by atoms with E-state index in [-0.39, 0.29) is 11.8 Å². The third-order valence-corrected chi connectivity index (χ3v) is 4.39. The summed E-state index contributed by atoms with van der Waals surface area (Å²) in [5.41, 5.74) is 2.28. The van der Waals surface area contributed by atoms with Gasteiger partial charge in [0.05, 0.1) is 11.1 Å². The van der Waals surface area contributed by atoms with E-state index in [1.54, 1.807) is 38.8 Å². The Morgan fingerprint density at radius 1 is 1.19 bits per heavy atom. The lowest BCUT2D eigenvalue weighted by Gasteiger charge is -2.12. The molecule has 0 spiro atoms. The van der Waals surface area contributed by atoms with Gasteiger partial charge in [-0.3, -0.25) is 14.3 Å². The van der Waals surface area contributed by atoms with E-state index in [2.05, 4.69) is 10.3 Å². The minimum atomic E-state index is -0.464. The van der Waals surface area contributed by atoms with Crippen LogP contribution in [-0.2, 0) is 4.74 Å². The van der Waals surface area contributed by atoms with Crippen molar-refractivity contribution in [3.8, 4) is 0 Å². The molecule has 1 N–H and O–H groups in total. The Morgan fingerprint density at radius 3 is 2.74 bits per heavy atom. The molecule has 1 atom stereocenters. The van der Waals surface area contributed by atoms with Crippen molar-refractivity contribution in [2.75, 3.05) is 14.1 Å². The molecule has 27 heavy (non-hydrogen) atoms. The molecule has 2 aromatic heterocycles. The van der Waals surface area contributed by atoms with Gasteiger partial charge in [0.2, 0.25) is 5.78 Å². The van der Waals surface area contributed by atoms with E-state index in [1.807, 2.05) is 30.3 Å². The first-order valence-electron chi connectivity index (χ1n) is 8.45. The highest BCUT2D eigenvalue weighted by atomic mass is 16.5. The van der Waals surface area contributed by atoms with Gasteiger partial charge in [-0.05, 0) is 12.1 Å². The van der Waals surface area contributed by atoms with E-state index in [4.69, 9.17) is 4.74 Å². The highest BCUT2D eigenvalue weighted by molar-refractivity contribution is 6.17. The van der Waals surface area contributed by atoms with Crippen molar-refractivity contribution in [3.63, 3.8) is 0 Å². The smallest absolute Gasteiger partial charge is 0.328 e. The second kappa shape index (κ2) is 6.60. The van der Waals surface area contributed by atoms with Crippen LogP contribution in [0.15, 0.2) is 66.9 Å². The maximum Gasteiger partial charge on any atom is 0.328 e. The molecule has 3 heterocycles. The van der Waals surface area contributed by atoms with Crippen molar-refractivity contribution < 1.29 is 14.3 Å². The molecule has 0 fully saturated rings. The van der Waals surface area contributed by atoms with Gasteiger partial charge in [-0.2, -0.15) is 0 Å². The third-order valence-electron chi connectivity index (χ3n) is 4.39. The standard InChI is InChI=1S/C20H18N4O3/c1-23(2)20(26)24-11-15(14-7-3-4-8-17(14)24)18(25)16-12-27-19(22-16)13-6-5-9-21-10-13/h3-12,19,22H,1-2H3. The first-order chi connectivity index (χ1) is 13.1. The van der Waals surface area contributed by atoms with Crippen LogP contribution in [0.5, 0.6) is 0 Å². The van der Waals surface area contributed by atoms with E-state index in [0.29, 0.717) is 22.2 Å². The summed E-state index contributed by atoms with van der Waals surface area (Å²) in [6.07, 6.45) is 5.89. The Labute approximate surface area is 155 Å². The van der Waals surface area contributed by atoms with Crippen LogP contribution in [0.3, 0.4) is 0 Å². The number of ether oxygens (including phenoxy) is 1. The third kappa shape index (κ3) is 2.93. The normalized spacial score (nSPS) is 15.8. The number of carbonyl (C=O) groups excluding carboxylic acids is 2. The fourth-order valence-electron chi connectivity index (χ4n) is 3.04. The lowest BCUT2D eigenvalue weighted by Crippen LogP contribution is -2.26. The molecule has 0 bridgehead atoms. The Kier molecular flexibility index (Phi) is 4.12. The van der Waals surface area contributed by atoms with Crippen LogP contribution in [-0.4, -0.2) is 40.4 Å². The number of fused-ring (bicyclic) bond motifs is 1. The average Bonchev–Trinajstić information content (AvgIpc) is 3.33. The summed E-state index contributed by atoms with van der Waals surface area (Å²) >= 11 is 0. The number of allylic oxidation sites excluding steroid dienone is 1. The topological polar surface area (TPSA) is 76.5 Å². The molecule has 1 aliphatic heterocycles. The lowest BCUT2D eigenvalue weighted by atomic mass is 10.1. The molecule has 0 radical (unpaired) electrons. The monoisotopic (exact) mass is 362 g/mol. The number of rotatable bonds is 3. The molecule has 4 rings (SSSR count). The Bertz CT molecular complexity index is 1050. The first-order valence-corrected chi connectivity index (χ1v) is 8.45. The van der Waals surface area contributed by atoms with Gasteiger partial charge in [0, 0.05) is 43.6 Å². The zero-order valence-corrected chi connectivity index (χ0v) is 14.9. The van der Waals surface area contributed by atoms with Crippen LogP contribution >= 0.6 is 0 Å². The maximum atomic E-state index is 13.1. The number of nitrogens with zero attached hydrogens (tertiary/aromatic N) is 3. The number of carbonyl (C=O) groups is 2. The zero-order valence-electron chi connectivity index (χ0n) is 14.9. The molecule has 3 aromatic rings. The molecule has 7 nitrogen and oxygen atoms in total. The Morgan fingerprint density at radius 2 is 2.00 bits per heavy atom. The molecule has 136 valence electrons. The largest absolute Gasteiger partial charge is 0.472 e. The number of hydrogen-bond donors (Lipinski definition) is 1. The summed E-state index contributed by atoms with van der Waals surface area (Å²) < 4.78 is 7.07. The van der Waals surface area contributed by atoms with Crippen LogP contribution < -0.4 is 5.32 Å². The number of para-hydroxylation sites is 1. The van der Waals surface area contributed by atoms with Crippen molar-refractivity contribution in [2.45, 2.75) is 6.23 Å².